The lowest BCUT2D eigenvalue weighted by Crippen LogP contribution is -2.48. The molecule has 4 rings (SSSR count). The van der Waals surface area contributed by atoms with Crippen molar-refractivity contribution in [3.63, 3.8) is 0 Å². The number of amides is 1. The highest BCUT2D eigenvalue weighted by Crippen LogP contribution is 2.19. The third-order valence-corrected chi connectivity index (χ3v) is 8.00. The first kappa shape index (κ1) is 22.5. The molecule has 1 fully saturated rings. The van der Waals surface area contributed by atoms with Crippen molar-refractivity contribution in [1.82, 2.24) is 9.62 Å². The SMILES string of the molecule is Cc1cccc(N2CCN(C(=O)c3ccc(S(=O)(=O)NCCc4cccs4)cc3)CC2)c1. The zero-order valence-corrected chi connectivity index (χ0v) is 19.7. The van der Waals surface area contributed by atoms with Crippen LogP contribution in [-0.2, 0) is 16.4 Å². The summed E-state index contributed by atoms with van der Waals surface area (Å²) in [7, 11) is -3.60. The highest BCUT2D eigenvalue weighted by molar-refractivity contribution is 7.89. The second-order valence-electron chi connectivity index (χ2n) is 7.87. The Morgan fingerprint density at radius 1 is 1.00 bits per heavy atom. The molecule has 0 saturated carbocycles. The van der Waals surface area contributed by atoms with Crippen LogP contribution in [0.25, 0.3) is 0 Å². The molecule has 1 amide bonds. The lowest BCUT2D eigenvalue weighted by Gasteiger charge is -2.36. The fraction of sp³-hybridized carbons (Fsp3) is 0.292. The number of hydrogen-bond donors (Lipinski definition) is 1. The Kier molecular flexibility index (Phi) is 6.93. The van der Waals surface area contributed by atoms with Crippen LogP contribution in [0.4, 0.5) is 5.69 Å². The van der Waals surface area contributed by atoms with Crippen molar-refractivity contribution in [1.29, 1.82) is 0 Å². The number of nitrogens with zero attached hydrogens (tertiary/aromatic N) is 2. The van der Waals surface area contributed by atoms with Crippen LogP contribution in [0.3, 0.4) is 0 Å². The Bertz CT molecular complexity index is 1150. The number of nitrogens with one attached hydrogen (secondary N) is 1. The zero-order valence-electron chi connectivity index (χ0n) is 18.0. The van der Waals surface area contributed by atoms with Gasteiger partial charge in [0.2, 0.25) is 10.0 Å². The molecule has 0 radical (unpaired) electrons. The normalized spacial score (nSPS) is 14.5. The van der Waals surface area contributed by atoms with Crippen molar-refractivity contribution >= 4 is 33.0 Å². The standard InChI is InChI=1S/C24H27N3O3S2/c1-19-4-2-5-21(18-19)26-13-15-27(16-14-26)24(28)20-7-9-23(10-8-20)32(29,30)25-12-11-22-6-3-17-31-22/h2-10,17-18,25H,11-16H2,1H3. The summed E-state index contributed by atoms with van der Waals surface area (Å²) in [5, 5.41) is 1.97. The number of anilines is 1. The van der Waals surface area contributed by atoms with Crippen LogP contribution in [0.1, 0.15) is 20.8 Å². The van der Waals surface area contributed by atoms with Crippen LogP contribution < -0.4 is 9.62 Å². The van der Waals surface area contributed by atoms with Gasteiger partial charge in [0, 0.05) is 48.9 Å². The van der Waals surface area contributed by atoms with Gasteiger partial charge < -0.3 is 9.80 Å². The molecular weight excluding hydrogens is 442 g/mol. The van der Waals surface area contributed by atoms with Crippen LogP contribution >= 0.6 is 11.3 Å². The molecule has 0 aliphatic carbocycles. The summed E-state index contributed by atoms with van der Waals surface area (Å²) in [6.07, 6.45) is 0.655. The quantitative estimate of drug-likeness (QED) is 0.575. The maximum Gasteiger partial charge on any atom is 0.253 e. The number of thiophene rings is 1. The van der Waals surface area contributed by atoms with E-state index in [0.29, 0.717) is 31.6 Å². The predicted octanol–water partition coefficient (Wildman–Crippen LogP) is 3.54. The lowest BCUT2D eigenvalue weighted by molar-refractivity contribution is 0.0746. The number of rotatable bonds is 7. The van der Waals surface area contributed by atoms with Crippen LogP contribution in [0, 0.1) is 6.92 Å². The van der Waals surface area contributed by atoms with E-state index in [1.807, 2.05) is 22.4 Å². The Hall–Kier alpha value is -2.68. The average Bonchev–Trinajstić information content (AvgIpc) is 3.32. The molecule has 2 heterocycles. The number of carbonyl (C=O) groups excluding carboxylic acids is 1. The smallest absolute Gasteiger partial charge is 0.253 e. The van der Waals surface area contributed by atoms with Gasteiger partial charge in [-0.15, -0.1) is 11.3 Å². The number of benzene rings is 2. The first-order valence-electron chi connectivity index (χ1n) is 10.7. The van der Waals surface area contributed by atoms with Gasteiger partial charge in [0.1, 0.15) is 0 Å². The number of sulfonamides is 1. The summed E-state index contributed by atoms with van der Waals surface area (Å²) in [5.41, 5.74) is 2.90. The summed E-state index contributed by atoms with van der Waals surface area (Å²) in [6.45, 7) is 5.24. The van der Waals surface area contributed by atoms with Gasteiger partial charge in [-0.3, -0.25) is 4.79 Å². The van der Waals surface area contributed by atoms with Crippen LogP contribution in [0.15, 0.2) is 70.9 Å². The number of carbonyl (C=O) groups is 1. The highest BCUT2D eigenvalue weighted by atomic mass is 32.2. The minimum absolute atomic E-state index is 0.0662. The molecule has 1 aliphatic heterocycles. The van der Waals surface area contributed by atoms with Crippen molar-refractivity contribution < 1.29 is 13.2 Å². The predicted molar refractivity (Wildman–Crippen MR) is 129 cm³/mol. The van der Waals surface area contributed by atoms with E-state index in [1.54, 1.807) is 23.5 Å². The molecule has 0 unspecified atom stereocenters. The molecule has 2 aromatic carbocycles. The fourth-order valence-electron chi connectivity index (χ4n) is 3.80. The molecule has 1 aliphatic rings. The molecule has 1 N–H and O–H groups in total. The molecular formula is C24H27N3O3S2. The number of aryl methyl sites for hydroxylation is 1. The van der Waals surface area contributed by atoms with Gasteiger partial charge in [-0.05, 0) is 66.8 Å². The average molecular weight is 470 g/mol. The van der Waals surface area contributed by atoms with E-state index in [4.69, 9.17) is 0 Å². The largest absolute Gasteiger partial charge is 0.368 e. The van der Waals surface area contributed by atoms with E-state index in [-0.39, 0.29) is 10.8 Å². The number of piperazine rings is 1. The van der Waals surface area contributed by atoms with Crippen LogP contribution in [0.5, 0.6) is 0 Å². The Morgan fingerprint density at radius 2 is 1.75 bits per heavy atom. The van der Waals surface area contributed by atoms with Crippen molar-refractivity contribution in [2.24, 2.45) is 0 Å². The van der Waals surface area contributed by atoms with Gasteiger partial charge in [-0.2, -0.15) is 0 Å². The Labute approximate surface area is 193 Å². The highest BCUT2D eigenvalue weighted by Gasteiger charge is 2.23. The minimum Gasteiger partial charge on any atom is -0.368 e. The van der Waals surface area contributed by atoms with E-state index in [2.05, 4.69) is 40.8 Å². The van der Waals surface area contributed by atoms with Crippen molar-refractivity contribution in [3.8, 4) is 0 Å². The molecule has 3 aromatic rings. The first-order chi connectivity index (χ1) is 15.4. The summed E-state index contributed by atoms with van der Waals surface area (Å²) in [4.78, 5) is 18.3. The minimum atomic E-state index is -3.60. The van der Waals surface area contributed by atoms with Crippen LogP contribution in [-0.4, -0.2) is 51.9 Å². The summed E-state index contributed by atoms with van der Waals surface area (Å²) >= 11 is 1.61. The molecule has 6 nitrogen and oxygen atoms in total. The molecule has 1 saturated heterocycles. The second-order valence-corrected chi connectivity index (χ2v) is 10.7. The molecule has 0 atom stereocenters. The van der Waals surface area contributed by atoms with Gasteiger partial charge in [0.15, 0.2) is 0 Å². The maximum absolute atomic E-state index is 12.9. The molecule has 1 aromatic heterocycles. The van der Waals surface area contributed by atoms with Crippen molar-refractivity contribution in [2.75, 3.05) is 37.6 Å². The maximum atomic E-state index is 12.9. The van der Waals surface area contributed by atoms with Crippen molar-refractivity contribution in [2.45, 2.75) is 18.2 Å². The molecule has 168 valence electrons. The summed E-state index contributed by atoms with van der Waals surface area (Å²) < 4.78 is 27.7. The Morgan fingerprint density at radius 3 is 2.41 bits per heavy atom. The lowest BCUT2D eigenvalue weighted by atomic mass is 10.1. The first-order valence-corrected chi connectivity index (χ1v) is 13.0. The van der Waals surface area contributed by atoms with E-state index in [9.17, 15) is 13.2 Å². The topological polar surface area (TPSA) is 69.7 Å². The molecule has 8 heteroatoms. The van der Waals surface area contributed by atoms with Crippen LogP contribution in [0.2, 0.25) is 0 Å². The fourth-order valence-corrected chi connectivity index (χ4v) is 5.54. The second kappa shape index (κ2) is 9.85. The number of hydrogen-bond acceptors (Lipinski definition) is 5. The van der Waals surface area contributed by atoms with Gasteiger partial charge in [-0.1, -0.05) is 18.2 Å². The molecule has 0 spiro atoms. The van der Waals surface area contributed by atoms with E-state index >= 15 is 0 Å². The van der Waals surface area contributed by atoms with Gasteiger partial charge in [0.05, 0.1) is 4.90 Å². The third kappa shape index (κ3) is 5.38. The van der Waals surface area contributed by atoms with E-state index in [1.165, 1.54) is 23.4 Å². The molecule has 32 heavy (non-hydrogen) atoms. The Balaban J connectivity index is 1.33. The van der Waals surface area contributed by atoms with E-state index < -0.39 is 10.0 Å². The summed E-state index contributed by atoms with van der Waals surface area (Å²) in [6, 6.07) is 18.5. The summed E-state index contributed by atoms with van der Waals surface area (Å²) in [5.74, 6) is -0.0662. The molecule has 0 bridgehead atoms. The monoisotopic (exact) mass is 469 g/mol. The van der Waals surface area contributed by atoms with Gasteiger partial charge in [0.25, 0.3) is 5.91 Å². The zero-order chi connectivity index (χ0) is 22.6. The van der Waals surface area contributed by atoms with Gasteiger partial charge in [-0.25, -0.2) is 13.1 Å². The third-order valence-electron chi connectivity index (χ3n) is 5.59. The van der Waals surface area contributed by atoms with Gasteiger partial charge >= 0.3 is 0 Å². The van der Waals surface area contributed by atoms with Crippen molar-refractivity contribution in [3.05, 3.63) is 82.0 Å². The van der Waals surface area contributed by atoms with E-state index in [0.717, 1.165) is 18.0 Å².